The second kappa shape index (κ2) is 7.56. The zero-order valence-electron chi connectivity index (χ0n) is 15.7. The van der Waals surface area contributed by atoms with E-state index in [0.717, 1.165) is 72.0 Å². The zero-order valence-corrected chi connectivity index (χ0v) is 15.7. The lowest BCUT2D eigenvalue weighted by Gasteiger charge is -2.22. The van der Waals surface area contributed by atoms with Crippen LogP contribution in [0.25, 0.3) is 10.8 Å². The third-order valence-electron chi connectivity index (χ3n) is 5.46. The number of hydrogen-bond acceptors (Lipinski definition) is 6. The summed E-state index contributed by atoms with van der Waals surface area (Å²) in [5.74, 6) is 2.48. The summed E-state index contributed by atoms with van der Waals surface area (Å²) in [4.78, 5) is 13.5. The highest BCUT2D eigenvalue weighted by Gasteiger charge is 2.17. The van der Waals surface area contributed by atoms with E-state index in [1.54, 1.807) is 0 Å². The zero-order chi connectivity index (χ0) is 18.8. The van der Waals surface area contributed by atoms with Gasteiger partial charge in [-0.05, 0) is 60.5 Å². The standard InChI is InChI=1S/C22H23N5O/c1-2-19-20(23-8-1)14-26-22(19)27-17-3-4-18-16(12-17)5-9-24-21(18)25-13-15-6-10-28-11-7-15/h1-5,8-9,12,15H,6-7,10-11,13-14H2,(H,24,25)(H,26,27). The van der Waals surface area contributed by atoms with Gasteiger partial charge in [-0.2, -0.15) is 0 Å². The molecule has 0 amide bonds. The van der Waals surface area contributed by atoms with E-state index >= 15 is 0 Å². The highest BCUT2D eigenvalue weighted by Crippen LogP contribution is 2.26. The molecule has 1 aromatic carbocycles. The molecule has 2 aliphatic rings. The number of anilines is 2. The molecule has 5 rings (SSSR count). The molecule has 1 fully saturated rings. The van der Waals surface area contributed by atoms with E-state index in [1.807, 2.05) is 24.5 Å². The van der Waals surface area contributed by atoms with Crippen molar-refractivity contribution in [3.8, 4) is 0 Å². The predicted octanol–water partition coefficient (Wildman–Crippen LogP) is 3.84. The Morgan fingerprint density at radius 1 is 1.04 bits per heavy atom. The Labute approximate surface area is 164 Å². The fourth-order valence-electron chi connectivity index (χ4n) is 3.85. The Hall–Kier alpha value is -2.99. The summed E-state index contributed by atoms with van der Waals surface area (Å²) in [7, 11) is 0. The van der Waals surface area contributed by atoms with Crippen molar-refractivity contribution < 1.29 is 4.74 Å². The summed E-state index contributed by atoms with van der Waals surface area (Å²) < 4.78 is 5.45. The molecule has 0 aliphatic carbocycles. The molecule has 0 radical (unpaired) electrons. The molecule has 0 bridgehead atoms. The molecule has 0 spiro atoms. The number of amidine groups is 1. The lowest BCUT2D eigenvalue weighted by Crippen LogP contribution is -2.23. The monoisotopic (exact) mass is 373 g/mol. The number of aliphatic imine (C=N–C) groups is 1. The van der Waals surface area contributed by atoms with Gasteiger partial charge in [-0.15, -0.1) is 0 Å². The Bertz CT molecular complexity index is 1030. The highest BCUT2D eigenvalue weighted by atomic mass is 16.5. The molecule has 3 aromatic rings. The molecule has 6 nitrogen and oxygen atoms in total. The quantitative estimate of drug-likeness (QED) is 0.727. The molecule has 0 saturated carbocycles. The molecule has 6 heteroatoms. The molecule has 28 heavy (non-hydrogen) atoms. The minimum atomic E-state index is 0.635. The maximum absolute atomic E-state index is 5.45. The fraction of sp³-hybridized carbons (Fsp3) is 0.318. The summed E-state index contributed by atoms with van der Waals surface area (Å²) >= 11 is 0. The van der Waals surface area contributed by atoms with Gasteiger partial charge < -0.3 is 15.4 Å². The summed E-state index contributed by atoms with van der Waals surface area (Å²) in [5, 5.41) is 9.28. The Morgan fingerprint density at radius 3 is 2.89 bits per heavy atom. The van der Waals surface area contributed by atoms with Crippen LogP contribution in [0, 0.1) is 5.92 Å². The van der Waals surface area contributed by atoms with Crippen LogP contribution in [0.15, 0.2) is 53.8 Å². The molecule has 0 unspecified atom stereocenters. The number of nitrogens with zero attached hydrogens (tertiary/aromatic N) is 3. The van der Waals surface area contributed by atoms with Crippen LogP contribution in [-0.4, -0.2) is 35.6 Å². The minimum Gasteiger partial charge on any atom is -0.381 e. The van der Waals surface area contributed by atoms with Gasteiger partial charge in [0.2, 0.25) is 0 Å². The van der Waals surface area contributed by atoms with Gasteiger partial charge in [0.05, 0.1) is 12.2 Å². The van der Waals surface area contributed by atoms with Gasteiger partial charge in [0.25, 0.3) is 0 Å². The summed E-state index contributed by atoms with van der Waals surface area (Å²) in [6.07, 6.45) is 5.91. The summed E-state index contributed by atoms with van der Waals surface area (Å²) in [6.45, 7) is 3.31. The number of fused-ring (bicyclic) bond motifs is 2. The van der Waals surface area contributed by atoms with Crippen LogP contribution in [0.1, 0.15) is 24.1 Å². The van der Waals surface area contributed by atoms with Crippen molar-refractivity contribution in [1.29, 1.82) is 0 Å². The lowest BCUT2D eigenvalue weighted by molar-refractivity contribution is 0.0699. The first-order valence-electron chi connectivity index (χ1n) is 9.83. The van der Waals surface area contributed by atoms with E-state index in [4.69, 9.17) is 4.74 Å². The molecule has 0 atom stereocenters. The van der Waals surface area contributed by atoms with Crippen LogP contribution < -0.4 is 10.6 Å². The maximum atomic E-state index is 5.45. The van der Waals surface area contributed by atoms with Gasteiger partial charge in [-0.25, -0.2) is 4.98 Å². The topological polar surface area (TPSA) is 71.4 Å². The molecule has 142 valence electrons. The van der Waals surface area contributed by atoms with Crippen LogP contribution in [0.5, 0.6) is 0 Å². The molecular formula is C22H23N5O. The van der Waals surface area contributed by atoms with Crippen molar-refractivity contribution in [1.82, 2.24) is 9.97 Å². The summed E-state index contributed by atoms with van der Waals surface area (Å²) in [5.41, 5.74) is 3.12. The Kier molecular flexibility index (Phi) is 4.62. The van der Waals surface area contributed by atoms with Crippen molar-refractivity contribution in [3.05, 3.63) is 60.0 Å². The Morgan fingerprint density at radius 2 is 1.96 bits per heavy atom. The second-order valence-corrected chi connectivity index (χ2v) is 7.32. The smallest absolute Gasteiger partial charge is 0.135 e. The van der Waals surface area contributed by atoms with E-state index in [9.17, 15) is 0 Å². The largest absolute Gasteiger partial charge is 0.381 e. The van der Waals surface area contributed by atoms with Gasteiger partial charge >= 0.3 is 0 Å². The second-order valence-electron chi connectivity index (χ2n) is 7.32. The van der Waals surface area contributed by atoms with Crippen LogP contribution in [0.3, 0.4) is 0 Å². The highest BCUT2D eigenvalue weighted by molar-refractivity contribution is 6.11. The lowest BCUT2D eigenvalue weighted by atomic mass is 10.0. The number of ether oxygens (including phenoxy) is 1. The van der Waals surface area contributed by atoms with Crippen LogP contribution >= 0.6 is 0 Å². The fourth-order valence-corrected chi connectivity index (χ4v) is 3.85. The molecule has 2 N–H and O–H groups in total. The first-order valence-corrected chi connectivity index (χ1v) is 9.83. The third kappa shape index (κ3) is 3.43. The van der Waals surface area contributed by atoms with Crippen LogP contribution in [0.4, 0.5) is 11.5 Å². The SMILES string of the molecule is c1cnc2c(c1)C(Nc1ccc3c(NCC4CCOCC4)nccc3c1)=NC2. The number of pyridine rings is 2. The number of rotatable bonds is 4. The summed E-state index contributed by atoms with van der Waals surface area (Å²) in [6, 6.07) is 12.4. The average Bonchev–Trinajstić information content (AvgIpc) is 3.16. The van der Waals surface area contributed by atoms with Crippen LogP contribution in [-0.2, 0) is 11.3 Å². The molecular weight excluding hydrogens is 350 g/mol. The first-order chi connectivity index (χ1) is 13.9. The Balaban J connectivity index is 1.34. The van der Waals surface area contributed by atoms with Crippen molar-refractivity contribution in [2.24, 2.45) is 10.9 Å². The molecule has 4 heterocycles. The number of hydrogen-bond donors (Lipinski definition) is 2. The first kappa shape index (κ1) is 17.1. The molecule has 2 aliphatic heterocycles. The maximum Gasteiger partial charge on any atom is 0.135 e. The normalized spacial score (nSPS) is 16.6. The average molecular weight is 373 g/mol. The van der Waals surface area contributed by atoms with E-state index in [2.05, 4.69) is 49.9 Å². The minimum absolute atomic E-state index is 0.635. The van der Waals surface area contributed by atoms with E-state index in [1.165, 1.54) is 0 Å². The van der Waals surface area contributed by atoms with Gasteiger partial charge in [0.15, 0.2) is 0 Å². The van der Waals surface area contributed by atoms with Crippen molar-refractivity contribution in [2.75, 3.05) is 30.4 Å². The number of aromatic nitrogens is 2. The van der Waals surface area contributed by atoms with Crippen LogP contribution in [0.2, 0.25) is 0 Å². The number of benzene rings is 1. The van der Waals surface area contributed by atoms with Gasteiger partial charge in [0.1, 0.15) is 11.7 Å². The molecule has 2 aromatic heterocycles. The van der Waals surface area contributed by atoms with E-state index in [0.29, 0.717) is 12.5 Å². The van der Waals surface area contributed by atoms with E-state index in [-0.39, 0.29) is 0 Å². The van der Waals surface area contributed by atoms with Gasteiger partial charge in [0, 0.05) is 48.8 Å². The van der Waals surface area contributed by atoms with E-state index < -0.39 is 0 Å². The van der Waals surface area contributed by atoms with Crippen molar-refractivity contribution >= 4 is 28.1 Å². The van der Waals surface area contributed by atoms with Gasteiger partial charge in [-0.3, -0.25) is 9.98 Å². The third-order valence-corrected chi connectivity index (χ3v) is 5.46. The van der Waals surface area contributed by atoms with Gasteiger partial charge in [-0.1, -0.05) is 0 Å². The predicted molar refractivity (Wildman–Crippen MR) is 112 cm³/mol. The van der Waals surface area contributed by atoms with Crippen molar-refractivity contribution in [3.63, 3.8) is 0 Å². The number of nitrogens with one attached hydrogen (secondary N) is 2. The molecule has 1 saturated heterocycles. The van der Waals surface area contributed by atoms with Crippen molar-refractivity contribution in [2.45, 2.75) is 19.4 Å².